The second-order valence-corrected chi connectivity index (χ2v) is 9.03. The maximum atomic E-state index is 14.0. The van der Waals surface area contributed by atoms with E-state index in [2.05, 4.69) is 0 Å². The number of carbonyl (C=O) groups is 2. The van der Waals surface area contributed by atoms with Crippen LogP contribution in [0, 0.1) is 11.6 Å². The lowest BCUT2D eigenvalue weighted by molar-refractivity contribution is -0.135. The Morgan fingerprint density at radius 1 is 0.763 bits per heavy atom. The van der Waals surface area contributed by atoms with Crippen molar-refractivity contribution in [3.05, 3.63) is 130 Å². The molecule has 0 bridgehead atoms. The van der Waals surface area contributed by atoms with Gasteiger partial charge in [-0.1, -0.05) is 18.2 Å². The van der Waals surface area contributed by atoms with Crippen molar-refractivity contribution >= 4 is 46.5 Å². The van der Waals surface area contributed by atoms with Crippen LogP contribution in [0.4, 0.5) is 25.8 Å². The van der Waals surface area contributed by atoms with E-state index in [1.807, 2.05) is 54.3 Å². The number of nitrogens with zero attached hydrogens (tertiary/aromatic N) is 1. The Hall–Kier alpha value is -4.84. The zero-order chi connectivity index (χ0) is 26.8. The minimum Gasteiger partial charge on any atom is -0.481 e. The molecule has 6 heteroatoms. The molecule has 38 heavy (non-hydrogen) atoms. The van der Waals surface area contributed by atoms with Gasteiger partial charge in [0, 0.05) is 22.6 Å². The number of carboxylic acids is 1. The maximum absolute atomic E-state index is 14.0. The van der Waals surface area contributed by atoms with Crippen molar-refractivity contribution in [2.24, 2.45) is 0 Å². The number of halogens is 2. The second-order valence-electron chi connectivity index (χ2n) is 9.03. The van der Waals surface area contributed by atoms with E-state index in [0.717, 1.165) is 45.6 Å². The molecular weight excluding hydrogens is 484 g/mol. The van der Waals surface area contributed by atoms with Crippen molar-refractivity contribution in [3.63, 3.8) is 0 Å². The molecule has 4 nitrogen and oxygen atoms in total. The Morgan fingerprint density at radius 2 is 1.29 bits per heavy atom. The molecule has 1 N–H and O–H groups in total. The van der Waals surface area contributed by atoms with E-state index in [9.17, 15) is 23.5 Å². The number of rotatable bonds is 7. The fourth-order valence-electron chi connectivity index (χ4n) is 4.76. The third-order valence-electron chi connectivity index (χ3n) is 6.62. The van der Waals surface area contributed by atoms with Crippen LogP contribution >= 0.6 is 0 Å². The SMILES string of the molecule is CC1=C(CC(=O)O)c2cc(F)ccc2/C1=C\c1ccc(N(c2ccc(F)cc2)c2ccc(C=O)cc2)cc1. The monoisotopic (exact) mass is 507 g/mol. The van der Waals surface area contributed by atoms with Gasteiger partial charge in [0.2, 0.25) is 0 Å². The Morgan fingerprint density at radius 3 is 1.84 bits per heavy atom. The first-order chi connectivity index (χ1) is 18.3. The van der Waals surface area contributed by atoms with Gasteiger partial charge in [0.15, 0.2) is 0 Å². The van der Waals surface area contributed by atoms with Gasteiger partial charge in [0.25, 0.3) is 0 Å². The lowest BCUT2D eigenvalue weighted by Gasteiger charge is -2.25. The van der Waals surface area contributed by atoms with Gasteiger partial charge < -0.3 is 10.0 Å². The Labute approximate surface area is 218 Å². The summed E-state index contributed by atoms with van der Waals surface area (Å²) in [7, 11) is 0. The highest BCUT2D eigenvalue weighted by Gasteiger charge is 2.25. The maximum Gasteiger partial charge on any atom is 0.307 e. The van der Waals surface area contributed by atoms with Crippen molar-refractivity contribution in [2.45, 2.75) is 13.3 Å². The van der Waals surface area contributed by atoms with Gasteiger partial charge in [-0.25, -0.2) is 8.78 Å². The highest BCUT2D eigenvalue weighted by molar-refractivity contribution is 6.07. The fourth-order valence-corrected chi connectivity index (χ4v) is 4.76. The highest BCUT2D eigenvalue weighted by Crippen LogP contribution is 2.44. The molecular formula is C32H23F2NO3. The summed E-state index contributed by atoms with van der Waals surface area (Å²) in [5.41, 5.74) is 7.48. The van der Waals surface area contributed by atoms with Crippen LogP contribution in [0.1, 0.15) is 40.4 Å². The summed E-state index contributed by atoms with van der Waals surface area (Å²) in [6.07, 6.45) is 2.56. The first-order valence-corrected chi connectivity index (χ1v) is 12.0. The van der Waals surface area contributed by atoms with Crippen LogP contribution in [-0.4, -0.2) is 17.4 Å². The van der Waals surface area contributed by atoms with E-state index in [4.69, 9.17) is 0 Å². The minimum atomic E-state index is -0.970. The van der Waals surface area contributed by atoms with E-state index in [1.165, 1.54) is 24.3 Å². The van der Waals surface area contributed by atoms with Gasteiger partial charge in [0.05, 0.1) is 6.42 Å². The number of allylic oxidation sites excluding steroid dienone is 2. The molecule has 0 spiro atoms. The summed E-state index contributed by atoms with van der Waals surface area (Å²) in [5, 5.41) is 9.39. The van der Waals surface area contributed by atoms with E-state index < -0.39 is 11.8 Å². The largest absolute Gasteiger partial charge is 0.481 e. The van der Waals surface area contributed by atoms with Crippen LogP contribution in [0.3, 0.4) is 0 Å². The summed E-state index contributed by atoms with van der Waals surface area (Å²) < 4.78 is 27.6. The molecule has 0 unspecified atom stereocenters. The fraction of sp³-hybridized carbons (Fsp3) is 0.0625. The zero-order valence-corrected chi connectivity index (χ0v) is 20.5. The van der Waals surface area contributed by atoms with Gasteiger partial charge in [0.1, 0.15) is 17.9 Å². The van der Waals surface area contributed by atoms with Gasteiger partial charge in [-0.2, -0.15) is 0 Å². The number of benzene rings is 4. The van der Waals surface area contributed by atoms with Crippen molar-refractivity contribution < 1.29 is 23.5 Å². The highest BCUT2D eigenvalue weighted by atomic mass is 19.1. The first kappa shape index (κ1) is 24.8. The molecule has 5 rings (SSSR count). The molecule has 1 aliphatic carbocycles. The number of carbonyl (C=O) groups excluding carboxylic acids is 1. The average Bonchev–Trinajstić information content (AvgIpc) is 3.16. The Kier molecular flexibility index (Phi) is 6.71. The Bertz CT molecular complexity index is 1590. The van der Waals surface area contributed by atoms with Gasteiger partial charge in [-0.3, -0.25) is 9.59 Å². The van der Waals surface area contributed by atoms with E-state index >= 15 is 0 Å². The minimum absolute atomic E-state index is 0.186. The lowest BCUT2D eigenvalue weighted by atomic mass is 10.0. The predicted octanol–water partition coefficient (Wildman–Crippen LogP) is 8.05. The number of hydrogen-bond donors (Lipinski definition) is 1. The quantitative estimate of drug-likeness (QED) is 0.257. The Balaban J connectivity index is 1.54. The molecule has 0 saturated heterocycles. The van der Waals surface area contributed by atoms with E-state index in [1.54, 1.807) is 30.3 Å². The van der Waals surface area contributed by atoms with E-state index in [-0.39, 0.29) is 12.2 Å². The molecule has 1 aliphatic rings. The molecule has 4 aromatic carbocycles. The molecule has 188 valence electrons. The van der Waals surface area contributed by atoms with E-state index in [0.29, 0.717) is 16.7 Å². The van der Waals surface area contributed by atoms with Crippen molar-refractivity contribution in [2.75, 3.05) is 4.90 Å². The van der Waals surface area contributed by atoms with Gasteiger partial charge in [-0.05, 0) is 119 Å². The normalized spacial score (nSPS) is 13.5. The molecule has 0 amide bonds. The van der Waals surface area contributed by atoms with Gasteiger partial charge >= 0.3 is 5.97 Å². The summed E-state index contributed by atoms with van der Waals surface area (Å²) >= 11 is 0. The van der Waals surface area contributed by atoms with Crippen molar-refractivity contribution in [1.29, 1.82) is 0 Å². The molecule has 0 atom stereocenters. The third kappa shape index (κ3) is 4.89. The van der Waals surface area contributed by atoms with Crippen LogP contribution in [0.2, 0.25) is 0 Å². The molecule has 4 aromatic rings. The van der Waals surface area contributed by atoms with Crippen LogP contribution in [0.5, 0.6) is 0 Å². The van der Waals surface area contributed by atoms with Crippen LogP contribution in [-0.2, 0) is 4.79 Å². The smallest absolute Gasteiger partial charge is 0.307 e. The number of anilines is 3. The number of hydrogen-bond acceptors (Lipinski definition) is 3. The standard InChI is InChI=1S/C32H23F2NO3/c1-20-29(28-15-8-24(34)17-31(28)30(20)18-32(37)38)16-21-2-9-25(10-3-21)35(27-13-6-23(33)7-14-27)26-11-4-22(19-36)5-12-26/h2-17,19H,18H2,1H3,(H,37,38)/b29-16-. The number of aldehydes is 1. The molecule has 0 saturated carbocycles. The first-order valence-electron chi connectivity index (χ1n) is 12.0. The van der Waals surface area contributed by atoms with Crippen LogP contribution < -0.4 is 4.90 Å². The summed E-state index contributed by atoms with van der Waals surface area (Å²) in [6, 6.07) is 25.4. The molecule has 0 aromatic heterocycles. The zero-order valence-electron chi connectivity index (χ0n) is 20.5. The topological polar surface area (TPSA) is 57.6 Å². The van der Waals surface area contributed by atoms with Crippen molar-refractivity contribution in [1.82, 2.24) is 0 Å². The predicted molar refractivity (Wildman–Crippen MR) is 146 cm³/mol. The van der Waals surface area contributed by atoms with Gasteiger partial charge in [-0.15, -0.1) is 0 Å². The number of carboxylic acid groups (broad SMARTS) is 1. The van der Waals surface area contributed by atoms with Crippen LogP contribution in [0.25, 0.3) is 17.2 Å². The number of aliphatic carboxylic acids is 1. The molecule has 0 heterocycles. The second kappa shape index (κ2) is 10.3. The lowest BCUT2D eigenvalue weighted by Crippen LogP contribution is -2.10. The third-order valence-corrected chi connectivity index (χ3v) is 6.62. The molecule has 0 aliphatic heterocycles. The summed E-state index contributed by atoms with van der Waals surface area (Å²) in [6.45, 7) is 1.86. The molecule has 0 fully saturated rings. The summed E-state index contributed by atoms with van der Waals surface area (Å²) in [5.74, 6) is -1.72. The number of fused-ring (bicyclic) bond motifs is 1. The van der Waals surface area contributed by atoms with Crippen molar-refractivity contribution in [3.8, 4) is 0 Å². The average molecular weight is 508 g/mol. The molecule has 0 radical (unpaired) electrons. The summed E-state index contributed by atoms with van der Waals surface area (Å²) in [4.78, 5) is 24.5. The van der Waals surface area contributed by atoms with Crippen LogP contribution in [0.15, 0.2) is 96.6 Å².